The monoisotopic (exact) mass is 267 g/mol. The van der Waals surface area contributed by atoms with Crippen molar-refractivity contribution in [3.8, 4) is 0 Å². The molecule has 0 saturated heterocycles. The molecule has 0 amide bonds. The fourth-order valence-corrected chi connectivity index (χ4v) is 2.71. The smallest absolute Gasteiger partial charge is 0.0486 e. The van der Waals surface area contributed by atoms with E-state index in [1.54, 1.807) is 0 Å². The highest BCUT2D eigenvalue weighted by Crippen LogP contribution is 2.29. The van der Waals surface area contributed by atoms with Crippen LogP contribution >= 0.6 is 15.9 Å². The van der Waals surface area contributed by atoms with E-state index in [-0.39, 0.29) is 0 Å². The van der Waals surface area contributed by atoms with Crippen molar-refractivity contribution in [2.45, 2.75) is 38.6 Å². The van der Waals surface area contributed by atoms with Gasteiger partial charge >= 0.3 is 0 Å². The highest BCUT2D eigenvalue weighted by Gasteiger charge is 2.21. The third kappa shape index (κ3) is 2.75. The fourth-order valence-electron chi connectivity index (χ4n) is 2.31. The summed E-state index contributed by atoms with van der Waals surface area (Å²) in [5.74, 6) is 0.797. The van der Waals surface area contributed by atoms with Crippen LogP contribution in [-0.4, -0.2) is 6.04 Å². The first kappa shape index (κ1) is 11.0. The molecule has 0 spiro atoms. The van der Waals surface area contributed by atoms with E-state index in [2.05, 4.69) is 52.4 Å². The number of hydrogen-bond acceptors (Lipinski definition) is 1. The molecule has 1 aliphatic carbocycles. The van der Waals surface area contributed by atoms with Crippen molar-refractivity contribution in [1.29, 1.82) is 0 Å². The number of anilines is 1. The molecule has 2 rings (SSSR count). The van der Waals surface area contributed by atoms with E-state index in [1.807, 2.05) is 0 Å². The molecule has 0 bridgehead atoms. The highest BCUT2D eigenvalue weighted by atomic mass is 79.9. The summed E-state index contributed by atoms with van der Waals surface area (Å²) in [6.07, 6.45) is 5.44. The molecule has 2 heteroatoms. The lowest BCUT2D eigenvalue weighted by molar-refractivity contribution is 0.349. The lowest BCUT2D eigenvalue weighted by Crippen LogP contribution is -2.30. The third-order valence-electron chi connectivity index (χ3n) is 3.33. The van der Waals surface area contributed by atoms with E-state index in [4.69, 9.17) is 0 Å². The molecular weight excluding hydrogens is 250 g/mol. The molecular formula is C13H18BrN. The zero-order valence-electron chi connectivity index (χ0n) is 9.17. The molecule has 15 heavy (non-hydrogen) atoms. The van der Waals surface area contributed by atoms with Crippen LogP contribution in [0, 0.1) is 5.92 Å². The molecule has 1 aliphatic rings. The van der Waals surface area contributed by atoms with Crippen molar-refractivity contribution in [3.63, 3.8) is 0 Å². The van der Waals surface area contributed by atoms with Gasteiger partial charge in [0.05, 0.1) is 0 Å². The maximum Gasteiger partial charge on any atom is 0.0486 e. The van der Waals surface area contributed by atoms with E-state index < -0.39 is 0 Å². The summed E-state index contributed by atoms with van der Waals surface area (Å²) in [4.78, 5) is 0. The molecule has 2 unspecified atom stereocenters. The largest absolute Gasteiger partial charge is 0.381 e. The molecule has 1 saturated carbocycles. The van der Waals surface area contributed by atoms with E-state index in [0.717, 1.165) is 5.92 Å². The first-order valence-corrected chi connectivity index (χ1v) is 6.58. The van der Waals surface area contributed by atoms with Crippen LogP contribution in [-0.2, 0) is 0 Å². The molecule has 0 aliphatic heterocycles. The zero-order valence-corrected chi connectivity index (χ0v) is 10.8. The summed E-state index contributed by atoms with van der Waals surface area (Å²) in [6, 6.07) is 9.03. The summed E-state index contributed by atoms with van der Waals surface area (Å²) in [5.41, 5.74) is 1.23. The summed E-state index contributed by atoms with van der Waals surface area (Å²) in [5, 5.41) is 3.65. The molecule has 1 nitrogen and oxygen atoms in total. The first-order valence-electron chi connectivity index (χ1n) is 5.78. The Morgan fingerprint density at radius 1 is 1.20 bits per heavy atom. The van der Waals surface area contributed by atoms with Crippen LogP contribution in [0.1, 0.15) is 32.6 Å². The fraction of sp³-hybridized carbons (Fsp3) is 0.538. The van der Waals surface area contributed by atoms with Crippen LogP contribution in [0.25, 0.3) is 0 Å². The zero-order chi connectivity index (χ0) is 10.7. The van der Waals surface area contributed by atoms with Crippen molar-refractivity contribution < 1.29 is 0 Å². The molecule has 2 atom stereocenters. The van der Waals surface area contributed by atoms with E-state index in [9.17, 15) is 0 Å². The Balaban J connectivity index is 2.04. The van der Waals surface area contributed by atoms with Gasteiger partial charge in [-0.15, -0.1) is 0 Å². The van der Waals surface area contributed by atoms with Gasteiger partial charge in [0.2, 0.25) is 0 Å². The molecule has 0 heterocycles. The Kier molecular flexibility index (Phi) is 3.68. The first-order chi connectivity index (χ1) is 7.27. The van der Waals surface area contributed by atoms with Gasteiger partial charge in [-0.2, -0.15) is 0 Å². The number of nitrogens with one attached hydrogen (secondary N) is 1. The average molecular weight is 268 g/mol. The maximum absolute atomic E-state index is 3.65. The predicted molar refractivity (Wildman–Crippen MR) is 69.2 cm³/mol. The van der Waals surface area contributed by atoms with Gasteiger partial charge in [-0.3, -0.25) is 0 Å². The SMILES string of the molecule is CC1CCCCC1Nc1ccccc1Br. The van der Waals surface area contributed by atoms with Gasteiger partial charge in [0.1, 0.15) is 0 Å². The highest BCUT2D eigenvalue weighted by molar-refractivity contribution is 9.10. The van der Waals surface area contributed by atoms with E-state index in [1.165, 1.54) is 35.8 Å². The van der Waals surface area contributed by atoms with Crippen LogP contribution in [0.4, 0.5) is 5.69 Å². The van der Waals surface area contributed by atoms with Gasteiger partial charge in [-0.25, -0.2) is 0 Å². The van der Waals surface area contributed by atoms with Gasteiger partial charge in [-0.05, 0) is 46.8 Å². The van der Waals surface area contributed by atoms with Crippen LogP contribution in [0.3, 0.4) is 0 Å². The normalized spacial score (nSPS) is 26.3. The molecule has 1 N–H and O–H groups in total. The molecule has 1 aromatic rings. The predicted octanol–water partition coefficient (Wildman–Crippen LogP) is 4.44. The minimum atomic E-state index is 0.650. The minimum Gasteiger partial charge on any atom is -0.381 e. The standard InChI is InChI=1S/C13H18BrN/c1-10-6-2-4-8-12(10)15-13-9-5-3-7-11(13)14/h3,5,7,9-10,12,15H,2,4,6,8H2,1H3. The number of benzene rings is 1. The number of halogens is 1. The van der Waals surface area contributed by atoms with Gasteiger partial charge in [0.25, 0.3) is 0 Å². The van der Waals surface area contributed by atoms with Crippen molar-refractivity contribution >= 4 is 21.6 Å². The van der Waals surface area contributed by atoms with Crippen LogP contribution in [0.15, 0.2) is 28.7 Å². The number of para-hydroxylation sites is 1. The molecule has 0 radical (unpaired) electrons. The third-order valence-corrected chi connectivity index (χ3v) is 4.02. The van der Waals surface area contributed by atoms with Crippen molar-refractivity contribution in [1.82, 2.24) is 0 Å². The molecule has 1 aromatic carbocycles. The molecule has 1 fully saturated rings. The van der Waals surface area contributed by atoms with Crippen LogP contribution in [0.5, 0.6) is 0 Å². The van der Waals surface area contributed by atoms with E-state index in [0.29, 0.717) is 6.04 Å². The topological polar surface area (TPSA) is 12.0 Å². The maximum atomic E-state index is 3.65. The Morgan fingerprint density at radius 3 is 2.67 bits per heavy atom. The van der Waals surface area contributed by atoms with Gasteiger partial charge < -0.3 is 5.32 Å². The molecule has 82 valence electrons. The second-order valence-corrected chi connectivity index (χ2v) is 5.35. The Morgan fingerprint density at radius 2 is 1.93 bits per heavy atom. The number of rotatable bonds is 2. The Labute approximate surface area is 100 Å². The lowest BCUT2D eigenvalue weighted by Gasteiger charge is -2.30. The van der Waals surface area contributed by atoms with Gasteiger partial charge in [0.15, 0.2) is 0 Å². The Bertz CT molecular complexity index is 324. The summed E-state index contributed by atoms with van der Waals surface area (Å²) >= 11 is 3.58. The summed E-state index contributed by atoms with van der Waals surface area (Å²) in [6.45, 7) is 2.35. The van der Waals surface area contributed by atoms with Crippen molar-refractivity contribution in [3.05, 3.63) is 28.7 Å². The van der Waals surface area contributed by atoms with Crippen LogP contribution < -0.4 is 5.32 Å². The summed E-state index contributed by atoms with van der Waals surface area (Å²) < 4.78 is 1.17. The van der Waals surface area contributed by atoms with Crippen molar-refractivity contribution in [2.24, 2.45) is 5.92 Å². The quantitative estimate of drug-likeness (QED) is 0.836. The summed E-state index contributed by atoms with van der Waals surface area (Å²) in [7, 11) is 0. The van der Waals surface area contributed by atoms with Gasteiger partial charge in [-0.1, -0.05) is 31.9 Å². The second-order valence-electron chi connectivity index (χ2n) is 4.49. The lowest BCUT2D eigenvalue weighted by atomic mass is 9.86. The Hall–Kier alpha value is -0.500. The molecule has 0 aromatic heterocycles. The van der Waals surface area contributed by atoms with E-state index >= 15 is 0 Å². The number of hydrogen-bond donors (Lipinski definition) is 1. The van der Waals surface area contributed by atoms with Gasteiger partial charge in [0, 0.05) is 16.2 Å². The minimum absolute atomic E-state index is 0.650. The average Bonchev–Trinajstić information content (AvgIpc) is 2.24. The van der Waals surface area contributed by atoms with Crippen LogP contribution in [0.2, 0.25) is 0 Å². The second kappa shape index (κ2) is 5.02. The van der Waals surface area contributed by atoms with Crippen molar-refractivity contribution in [2.75, 3.05) is 5.32 Å².